The van der Waals surface area contributed by atoms with Crippen LogP contribution in [-0.4, -0.2) is 16.6 Å². The number of hydrogen-bond acceptors (Lipinski definition) is 3. The highest BCUT2D eigenvalue weighted by Crippen LogP contribution is 2.08. The van der Waals surface area contributed by atoms with Gasteiger partial charge in [-0.2, -0.15) is 0 Å². The Balaban J connectivity index is 2.71. The Bertz CT molecular complexity index is 335. The van der Waals surface area contributed by atoms with Gasteiger partial charge in [-0.05, 0) is 19.1 Å². The van der Waals surface area contributed by atoms with E-state index >= 15 is 0 Å². The van der Waals surface area contributed by atoms with E-state index in [0.717, 1.165) is 5.69 Å². The van der Waals surface area contributed by atoms with Gasteiger partial charge in [-0.15, -0.1) is 11.6 Å². The van der Waals surface area contributed by atoms with Crippen molar-refractivity contribution in [3.8, 4) is 0 Å². The Kier molecular flexibility index (Phi) is 4.13. The summed E-state index contributed by atoms with van der Waals surface area (Å²) in [5.41, 5.74) is 1.55. The molecule has 0 atom stereocenters. The maximum absolute atomic E-state index is 10.8. The van der Waals surface area contributed by atoms with Gasteiger partial charge in [0.1, 0.15) is 0 Å². The van der Waals surface area contributed by atoms with Gasteiger partial charge in [0.2, 0.25) is 0 Å². The average molecular weight is 211 g/mol. The first-order valence-corrected chi connectivity index (χ1v) is 4.70. The van der Waals surface area contributed by atoms with Crippen molar-refractivity contribution < 1.29 is 4.79 Å². The molecular weight excluding hydrogens is 200 g/mol. The van der Waals surface area contributed by atoms with Crippen molar-refractivity contribution in [2.45, 2.75) is 6.92 Å². The van der Waals surface area contributed by atoms with Crippen LogP contribution in [0.3, 0.4) is 0 Å². The number of pyridine rings is 1. The first-order valence-electron chi connectivity index (χ1n) is 4.16. The fourth-order valence-electron chi connectivity index (χ4n) is 0.974. The monoisotopic (exact) mass is 210 g/mol. The molecule has 0 spiro atoms. The van der Waals surface area contributed by atoms with Crippen molar-refractivity contribution in [1.29, 1.82) is 0 Å². The quantitative estimate of drug-likeness (QED) is 0.612. The summed E-state index contributed by atoms with van der Waals surface area (Å²) >= 11 is 5.66. The van der Waals surface area contributed by atoms with E-state index in [-0.39, 0.29) is 11.7 Å². The average Bonchev–Trinajstić information content (AvgIpc) is 2.17. The molecule has 0 fully saturated rings. The number of hydrogen-bond donors (Lipinski definition) is 1. The van der Waals surface area contributed by atoms with E-state index in [2.05, 4.69) is 10.3 Å². The van der Waals surface area contributed by atoms with Crippen LogP contribution in [-0.2, 0) is 4.79 Å². The molecule has 1 aromatic heterocycles. The zero-order valence-corrected chi connectivity index (χ0v) is 8.58. The minimum Gasteiger partial charge on any atom is -0.358 e. The Hall–Kier alpha value is -1.35. The number of nitrogens with one attached hydrogen (secondary N) is 1. The standard InChI is InChI=1S/C10H11ClN2O/c1-8(14)6-10(7-11)13-9-2-4-12-5-3-9/h2-6H,7H2,1H3,(H,12,13)/b10-6+. The number of carbonyl (C=O) groups excluding carboxylic acids is 1. The van der Waals surface area contributed by atoms with Crippen LogP contribution in [0.2, 0.25) is 0 Å². The second kappa shape index (κ2) is 5.40. The summed E-state index contributed by atoms with van der Waals surface area (Å²) < 4.78 is 0. The summed E-state index contributed by atoms with van der Waals surface area (Å²) in [6, 6.07) is 3.61. The lowest BCUT2D eigenvalue weighted by Crippen LogP contribution is -2.03. The van der Waals surface area contributed by atoms with Crippen molar-refractivity contribution in [2.75, 3.05) is 11.2 Å². The molecule has 0 bridgehead atoms. The molecule has 1 N–H and O–H groups in total. The third-order valence-corrected chi connectivity index (χ3v) is 1.79. The number of aromatic nitrogens is 1. The molecule has 0 aliphatic heterocycles. The molecule has 14 heavy (non-hydrogen) atoms. The summed E-state index contributed by atoms with van der Waals surface area (Å²) in [5.74, 6) is 0.254. The molecule has 0 amide bonds. The minimum atomic E-state index is -0.0257. The van der Waals surface area contributed by atoms with E-state index in [9.17, 15) is 4.79 Å². The fraction of sp³-hybridized carbons (Fsp3) is 0.200. The summed E-state index contributed by atoms with van der Waals surface area (Å²) in [5, 5.41) is 3.03. The largest absolute Gasteiger partial charge is 0.358 e. The number of halogens is 1. The highest BCUT2D eigenvalue weighted by atomic mass is 35.5. The van der Waals surface area contributed by atoms with Crippen molar-refractivity contribution in [1.82, 2.24) is 4.98 Å². The molecule has 1 aromatic rings. The number of nitrogens with zero attached hydrogens (tertiary/aromatic N) is 1. The fourth-order valence-corrected chi connectivity index (χ4v) is 1.12. The van der Waals surface area contributed by atoms with E-state index < -0.39 is 0 Å². The third kappa shape index (κ3) is 3.58. The normalized spacial score (nSPS) is 11.1. The zero-order valence-electron chi connectivity index (χ0n) is 7.83. The second-order valence-electron chi connectivity index (χ2n) is 2.77. The van der Waals surface area contributed by atoms with Crippen molar-refractivity contribution in [3.05, 3.63) is 36.3 Å². The number of anilines is 1. The molecular formula is C10H11ClN2O. The molecule has 0 saturated carbocycles. The number of carbonyl (C=O) groups is 1. The van der Waals surface area contributed by atoms with E-state index in [1.54, 1.807) is 24.5 Å². The Labute approximate surface area is 87.8 Å². The van der Waals surface area contributed by atoms with Crippen molar-refractivity contribution >= 4 is 23.1 Å². The van der Waals surface area contributed by atoms with Gasteiger partial charge in [-0.1, -0.05) is 0 Å². The van der Waals surface area contributed by atoms with Crippen LogP contribution < -0.4 is 5.32 Å². The SMILES string of the molecule is CC(=O)/C=C(\CCl)Nc1ccncc1. The van der Waals surface area contributed by atoms with Crippen LogP contribution in [0.5, 0.6) is 0 Å². The van der Waals surface area contributed by atoms with Gasteiger partial charge in [-0.25, -0.2) is 0 Å². The number of ketones is 1. The van der Waals surface area contributed by atoms with Gasteiger partial charge in [-0.3, -0.25) is 9.78 Å². The van der Waals surface area contributed by atoms with Crippen LogP contribution in [0, 0.1) is 0 Å². The van der Waals surface area contributed by atoms with Gasteiger partial charge in [0, 0.05) is 29.9 Å². The molecule has 0 aliphatic carbocycles. The van der Waals surface area contributed by atoms with Crippen molar-refractivity contribution in [3.63, 3.8) is 0 Å². The van der Waals surface area contributed by atoms with Gasteiger partial charge in [0.05, 0.1) is 5.88 Å². The molecule has 0 radical (unpaired) electrons. The van der Waals surface area contributed by atoms with Gasteiger partial charge in [0.15, 0.2) is 5.78 Å². The Morgan fingerprint density at radius 3 is 2.71 bits per heavy atom. The lowest BCUT2D eigenvalue weighted by atomic mass is 10.3. The summed E-state index contributed by atoms with van der Waals surface area (Å²) in [6.45, 7) is 1.49. The number of rotatable bonds is 4. The maximum atomic E-state index is 10.8. The second-order valence-corrected chi connectivity index (χ2v) is 3.04. The molecule has 74 valence electrons. The molecule has 4 heteroatoms. The van der Waals surface area contributed by atoms with Crippen LogP contribution >= 0.6 is 11.6 Å². The molecule has 0 saturated heterocycles. The topological polar surface area (TPSA) is 42.0 Å². The van der Waals surface area contributed by atoms with Crippen LogP contribution in [0.4, 0.5) is 5.69 Å². The summed E-state index contributed by atoms with van der Waals surface area (Å²) in [7, 11) is 0. The molecule has 1 heterocycles. The number of allylic oxidation sites excluding steroid dienone is 2. The molecule has 0 aromatic carbocycles. The lowest BCUT2D eigenvalue weighted by Gasteiger charge is -2.06. The van der Waals surface area contributed by atoms with E-state index in [1.807, 2.05) is 0 Å². The van der Waals surface area contributed by atoms with E-state index in [4.69, 9.17) is 11.6 Å². The third-order valence-electron chi connectivity index (χ3n) is 1.51. The molecule has 1 rings (SSSR count). The van der Waals surface area contributed by atoms with E-state index in [0.29, 0.717) is 5.70 Å². The highest BCUT2D eigenvalue weighted by molar-refractivity contribution is 6.20. The maximum Gasteiger partial charge on any atom is 0.154 e. The molecule has 3 nitrogen and oxygen atoms in total. The smallest absolute Gasteiger partial charge is 0.154 e. The van der Waals surface area contributed by atoms with Gasteiger partial charge >= 0.3 is 0 Å². The Morgan fingerprint density at radius 2 is 2.21 bits per heavy atom. The predicted molar refractivity (Wildman–Crippen MR) is 57.3 cm³/mol. The molecule has 0 aliphatic rings. The van der Waals surface area contributed by atoms with Gasteiger partial charge < -0.3 is 5.32 Å². The van der Waals surface area contributed by atoms with Crippen LogP contribution in [0.15, 0.2) is 36.3 Å². The van der Waals surface area contributed by atoms with Gasteiger partial charge in [0.25, 0.3) is 0 Å². The Morgan fingerprint density at radius 1 is 1.57 bits per heavy atom. The minimum absolute atomic E-state index is 0.0257. The lowest BCUT2D eigenvalue weighted by molar-refractivity contribution is -0.112. The van der Waals surface area contributed by atoms with Crippen LogP contribution in [0.25, 0.3) is 0 Å². The zero-order chi connectivity index (χ0) is 10.4. The number of alkyl halides is 1. The summed E-state index contributed by atoms with van der Waals surface area (Å²) in [6.07, 6.45) is 4.82. The first-order chi connectivity index (χ1) is 6.72. The highest BCUT2D eigenvalue weighted by Gasteiger charge is 1.97. The van der Waals surface area contributed by atoms with Crippen LogP contribution in [0.1, 0.15) is 6.92 Å². The van der Waals surface area contributed by atoms with E-state index in [1.165, 1.54) is 13.0 Å². The predicted octanol–water partition coefficient (Wildman–Crippen LogP) is 2.21. The summed E-state index contributed by atoms with van der Waals surface area (Å²) in [4.78, 5) is 14.7. The molecule has 0 unspecified atom stereocenters. The first kappa shape index (κ1) is 10.7. The van der Waals surface area contributed by atoms with Crippen molar-refractivity contribution in [2.24, 2.45) is 0 Å².